The van der Waals surface area contributed by atoms with E-state index in [2.05, 4.69) is 33.2 Å². The number of nitrogens with zero attached hydrogens (tertiary/aromatic N) is 4. The van der Waals surface area contributed by atoms with Gasteiger partial charge in [-0.1, -0.05) is 50.1 Å². The normalized spacial score (nSPS) is 20.4. The minimum atomic E-state index is -0.324. The maximum atomic E-state index is 10.6. The molecule has 0 amide bonds. The molecule has 0 radical (unpaired) electrons. The van der Waals surface area contributed by atoms with Crippen LogP contribution in [-0.4, -0.2) is 30.3 Å². The molecule has 2 heterocycles. The number of imidazole rings is 2. The van der Waals surface area contributed by atoms with Gasteiger partial charge in [0.2, 0.25) is 0 Å². The Morgan fingerprint density at radius 1 is 1.12 bits per heavy atom. The molecule has 136 valence electrons. The lowest BCUT2D eigenvalue weighted by atomic mass is 9.92. The molecule has 1 aliphatic carbocycles. The SMILES string of the molecule is CCCn1ccnc1-c1c(-c2ccccc2)ncn1[C@@H]1CCCC[C@H]1O. The van der Waals surface area contributed by atoms with Gasteiger partial charge in [-0.05, 0) is 19.3 Å². The second-order valence-corrected chi connectivity index (χ2v) is 7.08. The van der Waals surface area contributed by atoms with Crippen molar-refractivity contribution in [1.82, 2.24) is 19.1 Å². The molecule has 0 unspecified atom stereocenters. The number of aliphatic hydroxyl groups is 1. The average Bonchev–Trinajstić information content (AvgIpc) is 3.29. The molecule has 4 rings (SSSR count). The standard InChI is InChI=1S/C21H26N4O/c1-2-13-24-14-12-22-21(24)20-19(16-8-4-3-5-9-16)23-15-25(20)17-10-6-7-11-18(17)26/h3-5,8-9,12,14-15,17-18,26H,2,6-7,10-11,13H2,1H3/t17-,18-/m1/s1. The Morgan fingerprint density at radius 2 is 1.92 bits per heavy atom. The highest BCUT2D eigenvalue weighted by Crippen LogP contribution is 2.37. The van der Waals surface area contributed by atoms with E-state index in [0.717, 1.165) is 61.4 Å². The Balaban J connectivity index is 1.87. The van der Waals surface area contributed by atoms with E-state index in [1.54, 1.807) is 0 Å². The fourth-order valence-electron chi connectivity index (χ4n) is 4.01. The summed E-state index contributed by atoms with van der Waals surface area (Å²) >= 11 is 0. The summed E-state index contributed by atoms with van der Waals surface area (Å²) in [5, 5.41) is 10.6. The molecular formula is C21H26N4O. The molecule has 2 aromatic heterocycles. The Hall–Kier alpha value is -2.40. The van der Waals surface area contributed by atoms with Gasteiger partial charge in [-0.15, -0.1) is 0 Å². The van der Waals surface area contributed by atoms with Gasteiger partial charge in [-0.25, -0.2) is 9.97 Å². The topological polar surface area (TPSA) is 55.9 Å². The van der Waals surface area contributed by atoms with Crippen molar-refractivity contribution in [3.8, 4) is 22.8 Å². The van der Waals surface area contributed by atoms with Crippen molar-refractivity contribution < 1.29 is 5.11 Å². The predicted octanol–water partition coefficient (Wildman–Crippen LogP) is 4.30. The molecule has 0 aliphatic heterocycles. The van der Waals surface area contributed by atoms with Gasteiger partial charge in [0.1, 0.15) is 5.69 Å². The van der Waals surface area contributed by atoms with Crippen LogP contribution in [0.1, 0.15) is 45.1 Å². The first-order valence-electron chi connectivity index (χ1n) is 9.61. The van der Waals surface area contributed by atoms with Crippen molar-refractivity contribution in [2.45, 2.75) is 57.7 Å². The highest BCUT2D eigenvalue weighted by atomic mass is 16.3. The minimum Gasteiger partial charge on any atom is -0.391 e. The molecular weight excluding hydrogens is 324 g/mol. The number of aliphatic hydroxyl groups excluding tert-OH is 1. The molecule has 1 saturated carbocycles. The van der Waals surface area contributed by atoms with E-state index in [0.29, 0.717) is 0 Å². The fourth-order valence-corrected chi connectivity index (χ4v) is 4.01. The van der Waals surface area contributed by atoms with Gasteiger partial charge in [0.15, 0.2) is 5.82 Å². The molecule has 5 nitrogen and oxygen atoms in total. The van der Waals surface area contributed by atoms with Gasteiger partial charge in [-0.3, -0.25) is 0 Å². The number of benzene rings is 1. The van der Waals surface area contributed by atoms with Crippen LogP contribution in [-0.2, 0) is 6.54 Å². The third-order valence-corrected chi connectivity index (χ3v) is 5.28. The van der Waals surface area contributed by atoms with Crippen molar-refractivity contribution in [2.24, 2.45) is 0 Å². The Morgan fingerprint density at radius 3 is 2.69 bits per heavy atom. The van der Waals surface area contributed by atoms with Crippen LogP contribution in [0.5, 0.6) is 0 Å². The van der Waals surface area contributed by atoms with Crippen LogP contribution < -0.4 is 0 Å². The Kier molecular flexibility index (Phi) is 4.89. The summed E-state index contributed by atoms with van der Waals surface area (Å²) in [7, 11) is 0. The van der Waals surface area contributed by atoms with E-state index < -0.39 is 0 Å². The van der Waals surface area contributed by atoms with Crippen LogP contribution in [0.15, 0.2) is 49.1 Å². The Labute approximate surface area is 154 Å². The zero-order chi connectivity index (χ0) is 17.9. The van der Waals surface area contributed by atoms with Crippen LogP contribution in [0.2, 0.25) is 0 Å². The number of rotatable bonds is 5. The third-order valence-electron chi connectivity index (χ3n) is 5.28. The van der Waals surface area contributed by atoms with Crippen molar-refractivity contribution in [2.75, 3.05) is 0 Å². The number of aromatic nitrogens is 4. The van der Waals surface area contributed by atoms with Gasteiger partial charge in [-0.2, -0.15) is 0 Å². The van der Waals surface area contributed by atoms with E-state index in [9.17, 15) is 5.11 Å². The molecule has 3 aromatic rings. The quantitative estimate of drug-likeness (QED) is 0.746. The third kappa shape index (κ3) is 3.07. The van der Waals surface area contributed by atoms with Crippen molar-refractivity contribution in [3.63, 3.8) is 0 Å². The van der Waals surface area contributed by atoms with Gasteiger partial charge >= 0.3 is 0 Å². The number of hydrogen-bond donors (Lipinski definition) is 1. The van der Waals surface area contributed by atoms with Gasteiger partial charge in [0, 0.05) is 24.5 Å². The second-order valence-electron chi connectivity index (χ2n) is 7.08. The maximum absolute atomic E-state index is 10.6. The molecule has 2 atom stereocenters. The number of hydrogen-bond acceptors (Lipinski definition) is 3. The summed E-state index contributed by atoms with van der Waals surface area (Å²) in [6, 6.07) is 10.3. The van der Waals surface area contributed by atoms with E-state index in [4.69, 9.17) is 4.98 Å². The van der Waals surface area contributed by atoms with Crippen LogP contribution in [0, 0.1) is 0 Å². The average molecular weight is 350 g/mol. The van der Waals surface area contributed by atoms with E-state index in [1.165, 1.54) is 0 Å². The number of aryl methyl sites for hydroxylation is 1. The largest absolute Gasteiger partial charge is 0.391 e. The van der Waals surface area contributed by atoms with Crippen molar-refractivity contribution >= 4 is 0 Å². The van der Waals surface area contributed by atoms with Crippen molar-refractivity contribution in [3.05, 3.63) is 49.1 Å². The molecule has 26 heavy (non-hydrogen) atoms. The molecule has 0 bridgehead atoms. The second kappa shape index (κ2) is 7.46. The fraction of sp³-hybridized carbons (Fsp3) is 0.429. The zero-order valence-corrected chi connectivity index (χ0v) is 15.3. The van der Waals surface area contributed by atoms with Gasteiger partial charge in [0.25, 0.3) is 0 Å². The van der Waals surface area contributed by atoms with E-state index >= 15 is 0 Å². The molecule has 5 heteroatoms. The van der Waals surface area contributed by atoms with Gasteiger partial charge < -0.3 is 14.2 Å². The smallest absolute Gasteiger partial charge is 0.158 e. The first-order valence-corrected chi connectivity index (χ1v) is 9.61. The summed E-state index contributed by atoms with van der Waals surface area (Å²) in [6.45, 7) is 3.09. The van der Waals surface area contributed by atoms with Crippen molar-refractivity contribution in [1.29, 1.82) is 0 Å². The molecule has 1 fully saturated rings. The van der Waals surface area contributed by atoms with Crippen LogP contribution in [0.3, 0.4) is 0 Å². The maximum Gasteiger partial charge on any atom is 0.158 e. The highest BCUT2D eigenvalue weighted by Gasteiger charge is 2.29. The highest BCUT2D eigenvalue weighted by molar-refractivity contribution is 5.75. The lowest BCUT2D eigenvalue weighted by Crippen LogP contribution is -2.28. The van der Waals surface area contributed by atoms with Crippen LogP contribution in [0.25, 0.3) is 22.8 Å². The summed E-state index contributed by atoms with van der Waals surface area (Å²) in [5.74, 6) is 0.931. The first-order chi connectivity index (χ1) is 12.8. The lowest BCUT2D eigenvalue weighted by molar-refractivity contribution is 0.0761. The molecule has 0 spiro atoms. The van der Waals surface area contributed by atoms with Gasteiger partial charge in [0.05, 0.1) is 24.2 Å². The van der Waals surface area contributed by atoms with E-state index in [1.807, 2.05) is 36.9 Å². The molecule has 1 aliphatic rings. The summed E-state index contributed by atoms with van der Waals surface area (Å²) in [6.07, 6.45) is 10.6. The lowest BCUT2D eigenvalue weighted by Gasteiger charge is -2.30. The van der Waals surface area contributed by atoms with Crippen LogP contribution in [0.4, 0.5) is 0 Å². The van der Waals surface area contributed by atoms with E-state index in [-0.39, 0.29) is 12.1 Å². The molecule has 1 aromatic carbocycles. The van der Waals surface area contributed by atoms with Crippen LogP contribution >= 0.6 is 0 Å². The Bertz CT molecular complexity index is 852. The summed E-state index contributed by atoms with van der Waals surface area (Å²) in [5.41, 5.74) is 3.03. The summed E-state index contributed by atoms with van der Waals surface area (Å²) < 4.78 is 4.36. The first kappa shape index (κ1) is 17.0. The zero-order valence-electron chi connectivity index (χ0n) is 15.3. The molecule has 1 N–H and O–H groups in total. The monoisotopic (exact) mass is 350 g/mol. The predicted molar refractivity (Wildman–Crippen MR) is 103 cm³/mol. The molecule has 0 saturated heterocycles. The minimum absolute atomic E-state index is 0.0653. The summed E-state index contributed by atoms with van der Waals surface area (Å²) in [4.78, 5) is 9.42.